The standard InChI is InChI=1S/C16H21BrN2OS/c1-9(2)4-5-10(3)19-16(20)15-14(18)12-8-11(17)6-7-13(12)21-15/h6-10H,4-5,18H2,1-3H3,(H,19,20). The quantitative estimate of drug-likeness (QED) is 0.795. The van der Waals surface area contributed by atoms with Crippen molar-refractivity contribution in [1.29, 1.82) is 0 Å². The number of nitrogen functional groups attached to an aromatic ring is 1. The van der Waals surface area contributed by atoms with Crippen LogP contribution in [0.25, 0.3) is 10.1 Å². The number of carbonyl (C=O) groups is 1. The number of nitrogens with one attached hydrogen (secondary N) is 1. The number of hydrogen-bond acceptors (Lipinski definition) is 3. The number of anilines is 1. The lowest BCUT2D eigenvalue weighted by molar-refractivity contribution is 0.0942. The van der Waals surface area contributed by atoms with Crippen LogP contribution in [0.1, 0.15) is 43.3 Å². The molecule has 0 spiro atoms. The molecule has 1 unspecified atom stereocenters. The van der Waals surface area contributed by atoms with Crippen molar-refractivity contribution < 1.29 is 4.79 Å². The van der Waals surface area contributed by atoms with E-state index < -0.39 is 0 Å². The molecule has 21 heavy (non-hydrogen) atoms. The van der Waals surface area contributed by atoms with E-state index in [2.05, 4.69) is 35.1 Å². The number of thiophene rings is 1. The fourth-order valence-electron chi connectivity index (χ4n) is 2.20. The first-order chi connectivity index (χ1) is 9.88. The minimum absolute atomic E-state index is 0.0684. The lowest BCUT2D eigenvalue weighted by Gasteiger charge is -2.14. The van der Waals surface area contributed by atoms with Crippen molar-refractivity contribution in [1.82, 2.24) is 5.32 Å². The predicted molar refractivity (Wildman–Crippen MR) is 94.9 cm³/mol. The van der Waals surface area contributed by atoms with E-state index in [0.717, 1.165) is 27.4 Å². The van der Waals surface area contributed by atoms with Gasteiger partial charge in [-0.15, -0.1) is 11.3 Å². The average Bonchev–Trinajstić information content (AvgIpc) is 2.74. The predicted octanol–water partition coefficient (Wildman–Crippen LogP) is 4.80. The van der Waals surface area contributed by atoms with Crippen molar-refractivity contribution in [3.63, 3.8) is 0 Å². The van der Waals surface area contributed by atoms with Crippen molar-refractivity contribution in [3.8, 4) is 0 Å². The van der Waals surface area contributed by atoms with Crippen LogP contribution in [-0.4, -0.2) is 11.9 Å². The summed E-state index contributed by atoms with van der Waals surface area (Å²) in [6, 6.07) is 6.07. The van der Waals surface area contributed by atoms with Crippen LogP contribution in [0.4, 0.5) is 5.69 Å². The zero-order valence-electron chi connectivity index (χ0n) is 12.6. The zero-order chi connectivity index (χ0) is 15.6. The maximum atomic E-state index is 12.4. The van der Waals surface area contributed by atoms with Crippen LogP contribution in [0.3, 0.4) is 0 Å². The molecule has 0 bridgehead atoms. The molecule has 3 N–H and O–H groups in total. The molecule has 2 rings (SSSR count). The van der Waals surface area contributed by atoms with Gasteiger partial charge in [0.15, 0.2) is 0 Å². The Bertz CT molecular complexity index is 651. The Labute approximate surface area is 138 Å². The molecule has 2 aromatic rings. The smallest absolute Gasteiger partial charge is 0.263 e. The first-order valence-electron chi connectivity index (χ1n) is 7.17. The van der Waals surface area contributed by atoms with E-state index in [9.17, 15) is 4.79 Å². The van der Waals surface area contributed by atoms with Crippen molar-refractivity contribution in [2.45, 2.75) is 39.7 Å². The summed E-state index contributed by atoms with van der Waals surface area (Å²) < 4.78 is 2.01. The van der Waals surface area contributed by atoms with Crippen LogP contribution in [0.2, 0.25) is 0 Å². The maximum Gasteiger partial charge on any atom is 0.263 e. The lowest BCUT2D eigenvalue weighted by Crippen LogP contribution is -2.32. The average molecular weight is 369 g/mol. The molecule has 0 aliphatic carbocycles. The van der Waals surface area contributed by atoms with Gasteiger partial charge < -0.3 is 11.1 Å². The Morgan fingerprint density at radius 1 is 1.33 bits per heavy atom. The molecular weight excluding hydrogens is 348 g/mol. The molecule has 1 aromatic carbocycles. The number of halogens is 1. The van der Waals surface area contributed by atoms with E-state index >= 15 is 0 Å². The van der Waals surface area contributed by atoms with Crippen LogP contribution in [0, 0.1) is 5.92 Å². The first kappa shape index (κ1) is 16.3. The highest BCUT2D eigenvalue weighted by Crippen LogP contribution is 2.35. The monoisotopic (exact) mass is 368 g/mol. The summed E-state index contributed by atoms with van der Waals surface area (Å²) in [5.74, 6) is 0.581. The minimum atomic E-state index is -0.0684. The maximum absolute atomic E-state index is 12.4. The number of hydrogen-bond donors (Lipinski definition) is 2. The van der Waals surface area contributed by atoms with Crippen LogP contribution in [0.5, 0.6) is 0 Å². The van der Waals surface area contributed by atoms with E-state index in [1.54, 1.807) is 0 Å². The number of amides is 1. The van der Waals surface area contributed by atoms with E-state index in [0.29, 0.717) is 16.5 Å². The van der Waals surface area contributed by atoms with Crippen LogP contribution < -0.4 is 11.1 Å². The normalized spacial score (nSPS) is 12.8. The van der Waals surface area contributed by atoms with E-state index in [1.807, 2.05) is 25.1 Å². The molecule has 1 heterocycles. The molecule has 0 aliphatic heterocycles. The van der Waals surface area contributed by atoms with Gasteiger partial charge in [0.25, 0.3) is 5.91 Å². The molecule has 5 heteroatoms. The summed E-state index contributed by atoms with van der Waals surface area (Å²) in [7, 11) is 0. The number of benzene rings is 1. The second-order valence-corrected chi connectivity index (χ2v) is 7.80. The van der Waals surface area contributed by atoms with Crippen LogP contribution in [0.15, 0.2) is 22.7 Å². The van der Waals surface area contributed by atoms with Gasteiger partial charge in [0.05, 0.1) is 5.69 Å². The van der Waals surface area contributed by atoms with Gasteiger partial charge in [-0.3, -0.25) is 4.79 Å². The number of fused-ring (bicyclic) bond motifs is 1. The number of nitrogens with two attached hydrogens (primary N) is 1. The van der Waals surface area contributed by atoms with Gasteiger partial charge in [0, 0.05) is 20.6 Å². The summed E-state index contributed by atoms with van der Waals surface area (Å²) in [6.45, 7) is 6.42. The van der Waals surface area contributed by atoms with Gasteiger partial charge in [-0.05, 0) is 43.9 Å². The van der Waals surface area contributed by atoms with Crippen molar-refractivity contribution in [2.75, 3.05) is 5.73 Å². The van der Waals surface area contributed by atoms with Gasteiger partial charge in [0.1, 0.15) is 4.88 Å². The Hall–Kier alpha value is -1.07. The molecule has 0 saturated heterocycles. The van der Waals surface area contributed by atoms with Gasteiger partial charge in [-0.25, -0.2) is 0 Å². The summed E-state index contributed by atoms with van der Waals surface area (Å²) in [6.07, 6.45) is 2.09. The molecule has 0 radical (unpaired) electrons. The lowest BCUT2D eigenvalue weighted by atomic mass is 10.0. The highest BCUT2D eigenvalue weighted by atomic mass is 79.9. The molecule has 1 aromatic heterocycles. The zero-order valence-corrected chi connectivity index (χ0v) is 15.0. The van der Waals surface area contributed by atoms with Gasteiger partial charge >= 0.3 is 0 Å². The topological polar surface area (TPSA) is 55.1 Å². The summed E-state index contributed by atoms with van der Waals surface area (Å²) in [5, 5.41) is 3.99. The summed E-state index contributed by atoms with van der Waals surface area (Å²) in [4.78, 5) is 13.0. The molecule has 0 saturated carbocycles. The third-order valence-electron chi connectivity index (χ3n) is 3.45. The van der Waals surface area contributed by atoms with Crippen molar-refractivity contribution in [2.24, 2.45) is 5.92 Å². The van der Waals surface area contributed by atoms with E-state index in [1.165, 1.54) is 11.3 Å². The third kappa shape index (κ3) is 3.98. The molecule has 0 aliphatic rings. The third-order valence-corrected chi connectivity index (χ3v) is 5.13. The fourth-order valence-corrected chi connectivity index (χ4v) is 3.57. The SMILES string of the molecule is CC(C)CCC(C)NC(=O)c1sc2ccc(Br)cc2c1N. The van der Waals surface area contributed by atoms with Crippen molar-refractivity contribution >= 4 is 48.9 Å². The Balaban J connectivity index is 2.14. The Kier molecular flexibility index (Phi) is 5.27. The number of rotatable bonds is 5. The van der Waals surface area contributed by atoms with Gasteiger partial charge in [0.2, 0.25) is 0 Å². The van der Waals surface area contributed by atoms with Gasteiger partial charge in [-0.1, -0.05) is 29.8 Å². The largest absolute Gasteiger partial charge is 0.397 e. The minimum Gasteiger partial charge on any atom is -0.397 e. The Morgan fingerprint density at radius 2 is 2.05 bits per heavy atom. The highest BCUT2D eigenvalue weighted by molar-refractivity contribution is 9.10. The fraction of sp³-hybridized carbons (Fsp3) is 0.438. The van der Waals surface area contributed by atoms with E-state index in [4.69, 9.17) is 5.73 Å². The van der Waals surface area contributed by atoms with E-state index in [-0.39, 0.29) is 11.9 Å². The molecule has 114 valence electrons. The Morgan fingerprint density at radius 3 is 2.71 bits per heavy atom. The first-order valence-corrected chi connectivity index (χ1v) is 8.77. The summed E-state index contributed by atoms with van der Waals surface area (Å²) in [5.41, 5.74) is 6.71. The molecule has 1 amide bonds. The molecule has 1 atom stereocenters. The highest BCUT2D eigenvalue weighted by Gasteiger charge is 2.18. The van der Waals surface area contributed by atoms with Gasteiger partial charge in [-0.2, -0.15) is 0 Å². The summed E-state index contributed by atoms with van der Waals surface area (Å²) >= 11 is 4.88. The molecular formula is C16H21BrN2OS. The second-order valence-electron chi connectivity index (χ2n) is 5.83. The van der Waals surface area contributed by atoms with Crippen LogP contribution >= 0.6 is 27.3 Å². The van der Waals surface area contributed by atoms with Crippen molar-refractivity contribution in [3.05, 3.63) is 27.5 Å². The molecule has 0 fully saturated rings. The second kappa shape index (κ2) is 6.79. The number of carbonyl (C=O) groups excluding carboxylic acids is 1. The molecule has 3 nitrogen and oxygen atoms in total. The van der Waals surface area contributed by atoms with Crippen LogP contribution in [-0.2, 0) is 0 Å².